The van der Waals surface area contributed by atoms with Crippen LogP contribution in [-0.2, 0) is 31.2 Å². The summed E-state index contributed by atoms with van der Waals surface area (Å²) < 4.78 is 6.24. The van der Waals surface area contributed by atoms with Gasteiger partial charge < -0.3 is 9.52 Å². The molecule has 2 saturated heterocycles. The maximum atomic E-state index is 15.1. The van der Waals surface area contributed by atoms with Crippen LogP contribution in [0.25, 0.3) is 0 Å². The van der Waals surface area contributed by atoms with E-state index in [1.807, 2.05) is 36.4 Å². The number of likely N-dealkylation sites (tertiary alicyclic amines) is 1. The Labute approximate surface area is 272 Å². The van der Waals surface area contributed by atoms with Crippen molar-refractivity contribution < 1.29 is 28.7 Å². The van der Waals surface area contributed by atoms with Gasteiger partial charge in [0.1, 0.15) is 23.5 Å². The normalized spacial score (nSPS) is 31.2. The zero-order chi connectivity index (χ0) is 31.7. The molecular formula is C37H35ClN2O6. The van der Waals surface area contributed by atoms with Crippen molar-refractivity contribution in [3.05, 3.63) is 100 Å². The number of hydrogen-bond acceptors (Lipinski definition) is 6. The van der Waals surface area contributed by atoms with Crippen LogP contribution in [-0.4, -0.2) is 39.7 Å². The van der Waals surface area contributed by atoms with E-state index in [4.69, 9.17) is 16.0 Å². The molecule has 8 rings (SSSR count). The summed E-state index contributed by atoms with van der Waals surface area (Å²) >= 11 is 6.36. The molecule has 2 aromatic carbocycles. The van der Waals surface area contributed by atoms with E-state index in [1.165, 1.54) is 4.90 Å². The van der Waals surface area contributed by atoms with E-state index in [1.54, 1.807) is 41.3 Å². The van der Waals surface area contributed by atoms with Crippen molar-refractivity contribution in [2.45, 2.75) is 68.9 Å². The lowest BCUT2D eigenvalue weighted by Gasteiger charge is -2.49. The molecule has 236 valence electrons. The van der Waals surface area contributed by atoms with E-state index in [-0.39, 0.29) is 42.7 Å². The molecule has 2 saturated carbocycles. The Hall–Kier alpha value is -4.01. The van der Waals surface area contributed by atoms with Crippen LogP contribution < -0.4 is 4.90 Å². The molecule has 2 aliphatic heterocycles. The largest absolute Gasteiger partial charge is 0.463 e. The van der Waals surface area contributed by atoms with Crippen LogP contribution in [0.3, 0.4) is 0 Å². The van der Waals surface area contributed by atoms with E-state index < -0.39 is 35.0 Å². The first-order valence-electron chi connectivity index (χ1n) is 16.3. The Kier molecular flexibility index (Phi) is 7.07. The number of rotatable bonds is 5. The number of furan rings is 1. The Morgan fingerprint density at radius 2 is 1.65 bits per heavy atom. The minimum absolute atomic E-state index is 0.0872. The lowest BCUT2D eigenvalue weighted by Crippen LogP contribution is -2.53. The summed E-state index contributed by atoms with van der Waals surface area (Å²) in [4.78, 5) is 60.9. The molecule has 3 heterocycles. The van der Waals surface area contributed by atoms with Gasteiger partial charge in [0, 0.05) is 11.1 Å². The first-order chi connectivity index (χ1) is 22.4. The number of carbonyl (C=O) groups excluding carboxylic acids is 4. The van der Waals surface area contributed by atoms with E-state index in [0.717, 1.165) is 37.7 Å². The predicted octanol–water partition coefficient (Wildman–Crippen LogP) is 5.92. The number of imide groups is 2. The second-order valence-corrected chi connectivity index (χ2v) is 13.8. The van der Waals surface area contributed by atoms with Crippen LogP contribution in [0, 0.1) is 23.7 Å². The lowest BCUT2D eigenvalue weighted by atomic mass is 9.50. The number of aliphatic hydroxyl groups is 1. The maximum Gasteiger partial charge on any atom is 0.246 e. The smallest absolute Gasteiger partial charge is 0.246 e. The van der Waals surface area contributed by atoms with Crippen LogP contribution >= 0.6 is 11.6 Å². The Bertz CT molecular complexity index is 1780. The molecule has 1 aromatic heterocycles. The summed E-state index contributed by atoms with van der Waals surface area (Å²) in [5.74, 6) is -3.35. The third-order valence-electron chi connectivity index (χ3n) is 11.3. The van der Waals surface area contributed by atoms with Gasteiger partial charge >= 0.3 is 0 Å². The Balaban J connectivity index is 1.32. The number of benzene rings is 2. The summed E-state index contributed by atoms with van der Waals surface area (Å²) in [6, 6.07) is 19.4. The van der Waals surface area contributed by atoms with Gasteiger partial charge in [0.25, 0.3) is 0 Å². The fourth-order valence-corrected chi connectivity index (χ4v) is 9.59. The number of anilines is 1. The van der Waals surface area contributed by atoms with Gasteiger partial charge in [-0.15, -0.1) is 0 Å². The second kappa shape index (κ2) is 11.1. The van der Waals surface area contributed by atoms with E-state index in [0.29, 0.717) is 34.2 Å². The number of amides is 4. The average Bonchev–Trinajstić information content (AvgIpc) is 3.72. The minimum Gasteiger partial charge on any atom is -0.463 e. The van der Waals surface area contributed by atoms with Gasteiger partial charge in [0.2, 0.25) is 23.6 Å². The van der Waals surface area contributed by atoms with Gasteiger partial charge in [-0.2, -0.15) is 0 Å². The van der Waals surface area contributed by atoms with Gasteiger partial charge in [-0.05, 0) is 67.5 Å². The third-order valence-corrected chi connectivity index (χ3v) is 11.5. The standard InChI is InChI=1S/C37H35ClN2O6/c38-22-10-7-13-24(18-22)40-34(43)29-19-28-26(15-16-27-31(28)35(44)39(33(27)42)23-11-5-2-6-12-23)32(30-17-14-25(20-41)46-30)37(29,36(40)45)21-8-3-1-4-9-21/h1,3-4,7-10,13-15,17-18,23,27-29,31-32,41H,2,5-6,11-12,16,19-20H2. The number of fused-ring (bicyclic) bond motifs is 4. The SMILES string of the molecule is O=C1C2CC3C(=CCC4C(=O)N(C5CCCCC5)C(=O)C43)C(c3ccc(CO)o3)C2(c2ccccc2)C(=O)N1c1cccc(Cl)c1. The van der Waals surface area contributed by atoms with Gasteiger partial charge in [-0.1, -0.05) is 78.9 Å². The molecule has 5 aliphatic rings. The topological polar surface area (TPSA) is 108 Å². The molecule has 0 radical (unpaired) electrons. The van der Waals surface area contributed by atoms with Crippen molar-refractivity contribution in [2.75, 3.05) is 4.90 Å². The van der Waals surface area contributed by atoms with Gasteiger partial charge in [-0.3, -0.25) is 24.1 Å². The Morgan fingerprint density at radius 1 is 0.870 bits per heavy atom. The first kappa shape index (κ1) is 29.4. The van der Waals surface area contributed by atoms with Crippen LogP contribution in [0.1, 0.15) is 67.9 Å². The highest BCUT2D eigenvalue weighted by atomic mass is 35.5. The van der Waals surface area contributed by atoms with Crippen molar-refractivity contribution >= 4 is 40.9 Å². The van der Waals surface area contributed by atoms with Gasteiger partial charge in [0.15, 0.2) is 0 Å². The zero-order valence-corrected chi connectivity index (χ0v) is 26.1. The first-order valence-corrected chi connectivity index (χ1v) is 16.7. The van der Waals surface area contributed by atoms with Gasteiger partial charge in [-0.25, -0.2) is 4.90 Å². The molecule has 4 amide bonds. The molecule has 3 aromatic rings. The number of allylic oxidation sites excluding steroid dienone is 2. The molecule has 6 unspecified atom stereocenters. The van der Waals surface area contributed by atoms with Gasteiger partial charge in [0.05, 0.1) is 29.4 Å². The highest BCUT2D eigenvalue weighted by Gasteiger charge is 2.71. The van der Waals surface area contributed by atoms with E-state index in [9.17, 15) is 19.5 Å². The molecule has 0 spiro atoms. The second-order valence-electron chi connectivity index (χ2n) is 13.4. The molecule has 6 atom stereocenters. The van der Waals surface area contributed by atoms with Crippen LogP contribution in [0.5, 0.6) is 0 Å². The van der Waals surface area contributed by atoms with Crippen molar-refractivity contribution in [3.63, 3.8) is 0 Å². The molecule has 8 nitrogen and oxygen atoms in total. The monoisotopic (exact) mass is 638 g/mol. The number of aliphatic hydroxyl groups excluding tert-OH is 1. The van der Waals surface area contributed by atoms with E-state index >= 15 is 4.79 Å². The molecule has 4 fully saturated rings. The highest BCUT2D eigenvalue weighted by molar-refractivity contribution is 6.32. The summed E-state index contributed by atoms with van der Waals surface area (Å²) in [6.07, 6.45) is 7.40. The molecule has 1 N–H and O–H groups in total. The highest BCUT2D eigenvalue weighted by Crippen LogP contribution is 2.64. The van der Waals surface area contributed by atoms with Crippen molar-refractivity contribution in [3.8, 4) is 0 Å². The fourth-order valence-electron chi connectivity index (χ4n) is 9.41. The maximum absolute atomic E-state index is 15.1. The number of carbonyl (C=O) groups is 4. The zero-order valence-electron chi connectivity index (χ0n) is 25.3. The average molecular weight is 639 g/mol. The van der Waals surface area contributed by atoms with Crippen LogP contribution in [0.2, 0.25) is 5.02 Å². The van der Waals surface area contributed by atoms with Crippen molar-refractivity contribution in [2.24, 2.45) is 23.7 Å². The molecule has 3 aliphatic carbocycles. The summed E-state index contributed by atoms with van der Waals surface area (Å²) in [5.41, 5.74) is 0.511. The third kappa shape index (κ3) is 4.09. The predicted molar refractivity (Wildman–Crippen MR) is 169 cm³/mol. The number of nitrogens with zero attached hydrogens (tertiary/aromatic N) is 2. The molecular weight excluding hydrogens is 604 g/mol. The number of halogens is 1. The number of hydrogen-bond donors (Lipinski definition) is 1. The molecule has 9 heteroatoms. The summed E-state index contributed by atoms with van der Waals surface area (Å²) in [6.45, 7) is -0.327. The molecule has 0 bridgehead atoms. The van der Waals surface area contributed by atoms with Crippen molar-refractivity contribution in [1.82, 2.24) is 4.90 Å². The minimum atomic E-state index is -1.39. The summed E-state index contributed by atoms with van der Waals surface area (Å²) in [7, 11) is 0. The lowest BCUT2D eigenvalue weighted by molar-refractivity contribution is -0.144. The Morgan fingerprint density at radius 3 is 2.37 bits per heavy atom. The quantitative estimate of drug-likeness (QED) is 0.275. The van der Waals surface area contributed by atoms with E-state index in [2.05, 4.69) is 0 Å². The van der Waals surface area contributed by atoms with Crippen LogP contribution in [0.4, 0.5) is 5.69 Å². The van der Waals surface area contributed by atoms with Crippen molar-refractivity contribution in [1.29, 1.82) is 0 Å². The van der Waals surface area contributed by atoms with Crippen LogP contribution in [0.15, 0.2) is 82.8 Å². The fraction of sp³-hybridized carbons (Fsp3) is 0.405. The summed E-state index contributed by atoms with van der Waals surface area (Å²) in [5, 5.41) is 10.4. The molecule has 46 heavy (non-hydrogen) atoms.